The highest BCUT2D eigenvalue weighted by Crippen LogP contribution is 2.22. The van der Waals surface area contributed by atoms with Crippen LogP contribution in [0.5, 0.6) is 0 Å². The van der Waals surface area contributed by atoms with Crippen molar-refractivity contribution in [3.63, 3.8) is 0 Å². The van der Waals surface area contributed by atoms with Gasteiger partial charge in [-0.25, -0.2) is 0 Å². The summed E-state index contributed by atoms with van der Waals surface area (Å²) < 4.78 is 5.21. The van der Waals surface area contributed by atoms with Crippen LogP contribution in [0, 0.1) is 0 Å². The lowest BCUT2D eigenvalue weighted by molar-refractivity contribution is 0.0185. The van der Waals surface area contributed by atoms with Crippen LogP contribution in [0.1, 0.15) is 26.2 Å². The Balaban J connectivity index is 2.00. The van der Waals surface area contributed by atoms with Crippen molar-refractivity contribution in [2.24, 2.45) is 0 Å². The van der Waals surface area contributed by atoms with Gasteiger partial charge in [0.25, 0.3) is 0 Å². The average molecular weight is 195 g/mol. The van der Waals surface area contributed by atoms with Gasteiger partial charge in [0.05, 0.1) is 6.10 Å². The molecule has 1 N–H and O–H groups in total. The molecule has 1 aliphatic carbocycles. The van der Waals surface area contributed by atoms with Crippen molar-refractivity contribution < 1.29 is 4.74 Å². The van der Waals surface area contributed by atoms with Crippen molar-refractivity contribution in [1.82, 2.24) is 5.32 Å². The van der Waals surface area contributed by atoms with Crippen LogP contribution in [0.25, 0.3) is 0 Å². The Bertz CT molecular complexity index is 204. The van der Waals surface area contributed by atoms with Gasteiger partial charge in [0.15, 0.2) is 0 Å². The zero-order valence-electron chi connectivity index (χ0n) is 9.25. The molecule has 80 valence electrons. The van der Waals surface area contributed by atoms with Gasteiger partial charge in [-0.1, -0.05) is 31.2 Å². The molecule has 0 spiro atoms. The maximum absolute atomic E-state index is 5.21. The van der Waals surface area contributed by atoms with Crippen LogP contribution < -0.4 is 5.32 Å². The SMILES string of the molecule is C=C(/C=C/CNC1CC(OC)C1)CC. The van der Waals surface area contributed by atoms with Gasteiger partial charge in [0, 0.05) is 19.7 Å². The highest BCUT2D eigenvalue weighted by Gasteiger charge is 2.27. The van der Waals surface area contributed by atoms with Gasteiger partial charge in [0.1, 0.15) is 0 Å². The van der Waals surface area contributed by atoms with E-state index in [4.69, 9.17) is 4.74 Å². The fourth-order valence-corrected chi connectivity index (χ4v) is 1.50. The van der Waals surface area contributed by atoms with Crippen molar-refractivity contribution in [3.05, 3.63) is 24.3 Å². The summed E-state index contributed by atoms with van der Waals surface area (Å²) in [5.41, 5.74) is 1.19. The molecule has 0 aromatic heterocycles. The molecule has 0 amide bonds. The summed E-state index contributed by atoms with van der Waals surface area (Å²) in [7, 11) is 1.78. The Hall–Kier alpha value is -0.600. The van der Waals surface area contributed by atoms with Crippen molar-refractivity contribution in [3.8, 4) is 0 Å². The fourth-order valence-electron chi connectivity index (χ4n) is 1.50. The molecule has 1 rings (SSSR count). The van der Waals surface area contributed by atoms with Crippen LogP contribution >= 0.6 is 0 Å². The Morgan fingerprint density at radius 3 is 2.86 bits per heavy atom. The highest BCUT2D eigenvalue weighted by molar-refractivity contribution is 5.13. The Morgan fingerprint density at radius 2 is 2.29 bits per heavy atom. The number of hydrogen-bond acceptors (Lipinski definition) is 2. The molecule has 0 atom stereocenters. The molecule has 0 unspecified atom stereocenters. The first-order valence-electron chi connectivity index (χ1n) is 5.36. The lowest BCUT2D eigenvalue weighted by atomic mass is 9.89. The number of hydrogen-bond donors (Lipinski definition) is 1. The molecular weight excluding hydrogens is 174 g/mol. The lowest BCUT2D eigenvalue weighted by Crippen LogP contribution is -2.44. The van der Waals surface area contributed by atoms with Gasteiger partial charge in [-0.2, -0.15) is 0 Å². The zero-order valence-corrected chi connectivity index (χ0v) is 9.25. The molecule has 2 nitrogen and oxygen atoms in total. The molecule has 1 saturated carbocycles. The standard InChI is InChI=1S/C12H21NO/c1-4-10(2)6-5-7-13-11-8-12(9-11)14-3/h5-6,11-13H,2,4,7-9H2,1,3H3/b6-5+. The Labute approximate surface area is 87.0 Å². The number of methoxy groups -OCH3 is 1. The number of rotatable bonds is 6. The van der Waals surface area contributed by atoms with Crippen LogP contribution in [0.15, 0.2) is 24.3 Å². The molecule has 1 fully saturated rings. The van der Waals surface area contributed by atoms with Crippen molar-refractivity contribution in [2.45, 2.75) is 38.3 Å². The van der Waals surface area contributed by atoms with Crippen LogP contribution in [0.4, 0.5) is 0 Å². The minimum absolute atomic E-state index is 0.488. The normalized spacial score (nSPS) is 26.4. The predicted molar refractivity (Wildman–Crippen MR) is 60.4 cm³/mol. The van der Waals surface area contributed by atoms with E-state index < -0.39 is 0 Å². The van der Waals surface area contributed by atoms with Gasteiger partial charge in [-0.15, -0.1) is 0 Å². The lowest BCUT2D eigenvalue weighted by Gasteiger charge is -2.34. The number of nitrogens with one attached hydrogen (secondary N) is 1. The highest BCUT2D eigenvalue weighted by atomic mass is 16.5. The summed E-state index contributed by atoms with van der Waals surface area (Å²) in [6.45, 7) is 6.98. The second-order valence-electron chi connectivity index (χ2n) is 3.85. The van der Waals surface area contributed by atoms with Crippen LogP contribution in [0.3, 0.4) is 0 Å². The molecule has 14 heavy (non-hydrogen) atoms. The van der Waals surface area contributed by atoms with Gasteiger partial charge in [0.2, 0.25) is 0 Å². The monoisotopic (exact) mass is 195 g/mol. The van der Waals surface area contributed by atoms with Gasteiger partial charge < -0.3 is 10.1 Å². The van der Waals surface area contributed by atoms with Gasteiger partial charge in [-0.05, 0) is 19.3 Å². The molecule has 0 saturated heterocycles. The summed E-state index contributed by atoms with van der Waals surface area (Å²) in [6.07, 6.45) is 8.07. The molecule has 0 radical (unpaired) electrons. The number of allylic oxidation sites excluding steroid dienone is 2. The second-order valence-corrected chi connectivity index (χ2v) is 3.85. The Kier molecular flexibility index (Phi) is 4.91. The van der Waals surface area contributed by atoms with E-state index in [2.05, 4.69) is 31.0 Å². The van der Waals surface area contributed by atoms with Gasteiger partial charge in [-0.3, -0.25) is 0 Å². The molecular formula is C12H21NO. The van der Waals surface area contributed by atoms with E-state index in [1.807, 2.05) is 0 Å². The van der Waals surface area contributed by atoms with E-state index in [0.29, 0.717) is 12.1 Å². The van der Waals surface area contributed by atoms with E-state index >= 15 is 0 Å². The fraction of sp³-hybridized carbons (Fsp3) is 0.667. The van der Waals surface area contributed by atoms with E-state index in [9.17, 15) is 0 Å². The third-order valence-corrected chi connectivity index (χ3v) is 2.76. The minimum Gasteiger partial charge on any atom is -0.381 e. The molecule has 0 aromatic carbocycles. The van der Waals surface area contributed by atoms with Crippen LogP contribution in [0.2, 0.25) is 0 Å². The second kappa shape index (κ2) is 5.99. The third-order valence-electron chi connectivity index (χ3n) is 2.76. The van der Waals surface area contributed by atoms with Crippen molar-refractivity contribution in [2.75, 3.05) is 13.7 Å². The maximum Gasteiger partial charge on any atom is 0.0601 e. The summed E-state index contributed by atoms with van der Waals surface area (Å²) >= 11 is 0. The van der Waals surface area contributed by atoms with E-state index in [-0.39, 0.29) is 0 Å². The van der Waals surface area contributed by atoms with Crippen LogP contribution in [-0.2, 0) is 4.74 Å². The van der Waals surface area contributed by atoms with E-state index in [1.54, 1.807) is 7.11 Å². The third kappa shape index (κ3) is 3.64. The first-order chi connectivity index (χ1) is 6.76. The minimum atomic E-state index is 0.488. The summed E-state index contributed by atoms with van der Waals surface area (Å²) in [4.78, 5) is 0. The average Bonchev–Trinajstić information content (AvgIpc) is 2.14. The molecule has 0 heterocycles. The summed E-state index contributed by atoms with van der Waals surface area (Å²) in [5, 5.41) is 3.45. The molecule has 0 aromatic rings. The largest absolute Gasteiger partial charge is 0.381 e. The molecule has 1 aliphatic rings. The number of ether oxygens (including phenoxy) is 1. The first-order valence-corrected chi connectivity index (χ1v) is 5.36. The Morgan fingerprint density at radius 1 is 1.57 bits per heavy atom. The quantitative estimate of drug-likeness (QED) is 0.656. The van der Waals surface area contributed by atoms with E-state index in [0.717, 1.165) is 25.8 Å². The van der Waals surface area contributed by atoms with Crippen molar-refractivity contribution in [1.29, 1.82) is 0 Å². The van der Waals surface area contributed by atoms with Crippen molar-refractivity contribution >= 4 is 0 Å². The maximum atomic E-state index is 5.21. The van der Waals surface area contributed by atoms with Gasteiger partial charge >= 0.3 is 0 Å². The molecule has 2 heteroatoms. The molecule has 0 aliphatic heterocycles. The van der Waals surface area contributed by atoms with E-state index in [1.165, 1.54) is 5.57 Å². The zero-order chi connectivity index (χ0) is 10.4. The topological polar surface area (TPSA) is 21.3 Å². The summed E-state index contributed by atoms with van der Waals surface area (Å²) in [5.74, 6) is 0. The summed E-state index contributed by atoms with van der Waals surface area (Å²) in [6, 6.07) is 0.652. The van der Waals surface area contributed by atoms with Crippen LogP contribution in [-0.4, -0.2) is 25.8 Å². The first kappa shape index (κ1) is 11.5. The molecule has 0 bridgehead atoms. The smallest absolute Gasteiger partial charge is 0.0601 e. The predicted octanol–water partition coefficient (Wildman–Crippen LogP) is 2.28.